The molecule has 4 heteroatoms. The molecule has 0 bridgehead atoms. The molecule has 0 aromatic heterocycles. The molecule has 0 spiro atoms. The van der Waals surface area contributed by atoms with Crippen LogP contribution in [0.15, 0.2) is 59.5 Å². The number of nitrogens with one attached hydrogen (secondary N) is 1. The molecule has 3 nitrogen and oxygen atoms in total. The van der Waals surface area contributed by atoms with Crippen LogP contribution in [0, 0.1) is 0 Å². The van der Waals surface area contributed by atoms with E-state index in [1.165, 1.54) is 5.56 Å². The quantitative estimate of drug-likeness (QED) is 0.770. The molecule has 3 N–H and O–H groups in total. The van der Waals surface area contributed by atoms with E-state index in [0.717, 1.165) is 17.1 Å². The number of carbonyl (C=O) groups is 1. The van der Waals surface area contributed by atoms with E-state index in [-0.39, 0.29) is 11.9 Å². The Morgan fingerprint density at radius 3 is 2.45 bits per heavy atom. The Balaban J connectivity index is 1.83. The highest BCUT2D eigenvalue weighted by atomic mass is 32.2. The fourth-order valence-electron chi connectivity index (χ4n) is 1.96. The highest BCUT2D eigenvalue weighted by molar-refractivity contribution is 7.98. The highest BCUT2D eigenvalue weighted by Crippen LogP contribution is 2.22. The van der Waals surface area contributed by atoms with Gasteiger partial charge >= 0.3 is 0 Å². The predicted octanol–water partition coefficient (Wildman–Crippen LogP) is 3.45. The van der Waals surface area contributed by atoms with Gasteiger partial charge in [0, 0.05) is 28.8 Å². The molecule has 1 amide bonds. The van der Waals surface area contributed by atoms with Crippen molar-refractivity contribution in [1.29, 1.82) is 0 Å². The van der Waals surface area contributed by atoms with Crippen molar-refractivity contribution in [2.45, 2.75) is 30.0 Å². The van der Waals surface area contributed by atoms with Crippen molar-refractivity contribution in [2.75, 3.05) is 6.54 Å². The van der Waals surface area contributed by atoms with Crippen LogP contribution in [0.4, 0.5) is 0 Å². The number of hydrogen-bond acceptors (Lipinski definition) is 3. The fraction of sp³-hybridized carbons (Fsp3) is 0.278. The van der Waals surface area contributed by atoms with Crippen LogP contribution in [0.1, 0.15) is 29.3 Å². The third-order valence-corrected chi connectivity index (χ3v) is 4.33. The molecule has 0 aliphatic rings. The molecule has 116 valence electrons. The van der Waals surface area contributed by atoms with Crippen LogP contribution in [0.2, 0.25) is 0 Å². The Hall–Kier alpha value is -1.78. The lowest BCUT2D eigenvalue weighted by Crippen LogP contribution is -2.28. The summed E-state index contributed by atoms with van der Waals surface area (Å²) in [5.41, 5.74) is 7.65. The van der Waals surface area contributed by atoms with Crippen LogP contribution >= 0.6 is 11.8 Å². The molecule has 0 heterocycles. The summed E-state index contributed by atoms with van der Waals surface area (Å²) in [6, 6.07) is 18.2. The lowest BCUT2D eigenvalue weighted by molar-refractivity contribution is 0.0952. The molecular weight excluding hydrogens is 292 g/mol. The van der Waals surface area contributed by atoms with Crippen LogP contribution in [-0.4, -0.2) is 18.5 Å². The van der Waals surface area contributed by atoms with Gasteiger partial charge in [-0.05, 0) is 43.2 Å². The Labute approximate surface area is 136 Å². The van der Waals surface area contributed by atoms with Crippen LogP contribution < -0.4 is 11.1 Å². The molecule has 0 aliphatic heterocycles. The van der Waals surface area contributed by atoms with E-state index < -0.39 is 0 Å². The summed E-state index contributed by atoms with van der Waals surface area (Å²) >= 11 is 1.77. The van der Waals surface area contributed by atoms with Crippen molar-refractivity contribution in [3.05, 3.63) is 65.7 Å². The van der Waals surface area contributed by atoms with Crippen molar-refractivity contribution < 1.29 is 4.79 Å². The lowest BCUT2D eigenvalue weighted by Gasteiger charge is -2.08. The van der Waals surface area contributed by atoms with Crippen molar-refractivity contribution in [2.24, 2.45) is 5.73 Å². The molecule has 2 aromatic carbocycles. The van der Waals surface area contributed by atoms with Gasteiger partial charge in [-0.3, -0.25) is 4.79 Å². The minimum atomic E-state index is -0.0414. The third-order valence-electron chi connectivity index (χ3n) is 3.25. The Morgan fingerprint density at radius 2 is 1.82 bits per heavy atom. The Morgan fingerprint density at radius 1 is 1.14 bits per heavy atom. The summed E-state index contributed by atoms with van der Waals surface area (Å²) in [6.07, 6.45) is 0.788. The van der Waals surface area contributed by atoms with E-state index >= 15 is 0 Å². The highest BCUT2D eigenvalue weighted by Gasteiger charge is 2.05. The number of rotatable bonds is 7. The average Bonchev–Trinajstić information content (AvgIpc) is 2.54. The van der Waals surface area contributed by atoms with Gasteiger partial charge in [0.1, 0.15) is 0 Å². The van der Waals surface area contributed by atoms with Gasteiger partial charge in [-0.2, -0.15) is 0 Å². The molecule has 0 saturated carbocycles. The van der Waals surface area contributed by atoms with Gasteiger partial charge in [0.15, 0.2) is 0 Å². The summed E-state index contributed by atoms with van der Waals surface area (Å²) in [5, 5.41) is 2.88. The number of benzene rings is 2. The van der Waals surface area contributed by atoms with Crippen LogP contribution in [-0.2, 0) is 5.75 Å². The molecule has 0 fully saturated rings. The van der Waals surface area contributed by atoms with E-state index in [1.807, 2.05) is 49.4 Å². The zero-order valence-corrected chi connectivity index (χ0v) is 13.6. The van der Waals surface area contributed by atoms with E-state index in [1.54, 1.807) is 11.8 Å². The van der Waals surface area contributed by atoms with E-state index in [9.17, 15) is 4.79 Å². The van der Waals surface area contributed by atoms with Gasteiger partial charge in [0.25, 0.3) is 5.91 Å². The monoisotopic (exact) mass is 314 g/mol. The largest absolute Gasteiger partial charge is 0.352 e. The first kappa shape index (κ1) is 16.6. The minimum Gasteiger partial charge on any atom is -0.352 e. The zero-order chi connectivity index (χ0) is 15.8. The number of nitrogens with two attached hydrogens (primary N) is 1. The fourth-order valence-corrected chi connectivity index (χ4v) is 2.81. The second-order valence-electron chi connectivity index (χ2n) is 5.32. The van der Waals surface area contributed by atoms with Gasteiger partial charge < -0.3 is 11.1 Å². The molecule has 0 radical (unpaired) electrons. The second-order valence-corrected chi connectivity index (χ2v) is 6.37. The molecule has 1 atom stereocenters. The number of carbonyl (C=O) groups excluding carboxylic acids is 1. The summed E-state index contributed by atoms with van der Waals surface area (Å²) in [6.45, 7) is 2.55. The maximum absolute atomic E-state index is 12.0. The number of thioether (sulfide) groups is 1. The van der Waals surface area contributed by atoms with E-state index in [4.69, 9.17) is 5.73 Å². The topological polar surface area (TPSA) is 55.1 Å². The Bertz CT molecular complexity index is 582. The minimum absolute atomic E-state index is 0.0414. The zero-order valence-electron chi connectivity index (χ0n) is 12.8. The van der Waals surface area contributed by atoms with Crippen molar-refractivity contribution in [3.63, 3.8) is 0 Å². The summed E-state index contributed by atoms with van der Waals surface area (Å²) < 4.78 is 0. The Kier molecular flexibility index (Phi) is 6.49. The molecular formula is C18H22N2OS. The SMILES string of the molecule is CC(N)CCNC(=O)c1ccc(SCc2ccccc2)cc1. The smallest absolute Gasteiger partial charge is 0.251 e. The lowest BCUT2D eigenvalue weighted by atomic mass is 10.2. The first-order valence-electron chi connectivity index (χ1n) is 7.46. The summed E-state index contributed by atoms with van der Waals surface area (Å²) in [7, 11) is 0. The first-order valence-corrected chi connectivity index (χ1v) is 8.44. The van der Waals surface area contributed by atoms with Crippen molar-refractivity contribution >= 4 is 17.7 Å². The maximum atomic E-state index is 12.0. The van der Waals surface area contributed by atoms with Crippen molar-refractivity contribution in [3.8, 4) is 0 Å². The van der Waals surface area contributed by atoms with Crippen LogP contribution in [0.3, 0.4) is 0 Å². The molecule has 0 saturated heterocycles. The van der Waals surface area contributed by atoms with Gasteiger partial charge in [0.05, 0.1) is 0 Å². The molecule has 1 unspecified atom stereocenters. The van der Waals surface area contributed by atoms with Crippen molar-refractivity contribution in [1.82, 2.24) is 5.32 Å². The molecule has 0 aliphatic carbocycles. The van der Waals surface area contributed by atoms with Crippen LogP contribution in [0.5, 0.6) is 0 Å². The standard InChI is InChI=1S/C18H22N2OS/c1-14(19)11-12-20-18(21)16-7-9-17(10-8-16)22-13-15-5-3-2-4-6-15/h2-10,14H,11-13,19H2,1H3,(H,20,21). The maximum Gasteiger partial charge on any atom is 0.251 e. The molecule has 2 rings (SSSR count). The van der Waals surface area contributed by atoms with E-state index in [2.05, 4.69) is 17.4 Å². The van der Waals surface area contributed by atoms with E-state index in [0.29, 0.717) is 12.1 Å². The molecule has 2 aromatic rings. The van der Waals surface area contributed by atoms with Gasteiger partial charge in [-0.15, -0.1) is 11.8 Å². The normalized spacial score (nSPS) is 11.9. The average molecular weight is 314 g/mol. The van der Waals surface area contributed by atoms with Crippen LogP contribution in [0.25, 0.3) is 0 Å². The van der Waals surface area contributed by atoms with Gasteiger partial charge in [-0.25, -0.2) is 0 Å². The summed E-state index contributed by atoms with van der Waals surface area (Å²) in [4.78, 5) is 13.1. The third kappa shape index (κ3) is 5.54. The van der Waals surface area contributed by atoms with Gasteiger partial charge in [0.2, 0.25) is 0 Å². The first-order chi connectivity index (χ1) is 10.6. The summed E-state index contributed by atoms with van der Waals surface area (Å²) in [5.74, 6) is 0.890. The molecule has 22 heavy (non-hydrogen) atoms. The van der Waals surface area contributed by atoms with Gasteiger partial charge in [-0.1, -0.05) is 30.3 Å². The number of hydrogen-bond donors (Lipinski definition) is 2. The number of amides is 1. The second kappa shape index (κ2) is 8.61. The predicted molar refractivity (Wildman–Crippen MR) is 93.0 cm³/mol.